The van der Waals surface area contributed by atoms with Crippen LogP contribution in [-0.2, 0) is 4.74 Å². The van der Waals surface area contributed by atoms with Crippen molar-refractivity contribution in [3.05, 3.63) is 71.8 Å². The lowest BCUT2D eigenvalue weighted by Crippen LogP contribution is -2.27. The van der Waals surface area contributed by atoms with Gasteiger partial charge in [-0.25, -0.2) is 0 Å². The molecule has 100 valence electrons. The minimum atomic E-state index is -0.138. The van der Waals surface area contributed by atoms with Gasteiger partial charge < -0.3 is 4.74 Å². The van der Waals surface area contributed by atoms with Crippen LogP contribution in [0.15, 0.2) is 60.7 Å². The molecule has 1 aliphatic rings. The summed E-state index contributed by atoms with van der Waals surface area (Å²) in [6.45, 7) is 0.977. The van der Waals surface area contributed by atoms with Gasteiger partial charge in [-0.1, -0.05) is 60.7 Å². The summed E-state index contributed by atoms with van der Waals surface area (Å²) in [6.07, 6.45) is -0.138. The predicted molar refractivity (Wildman–Crippen MR) is 76.6 cm³/mol. The van der Waals surface area contributed by atoms with Crippen molar-refractivity contribution in [2.24, 2.45) is 0 Å². The second kappa shape index (κ2) is 5.87. The van der Waals surface area contributed by atoms with Crippen LogP contribution in [0.4, 0.5) is 0 Å². The molecule has 0 amide bonds. The van der Waals surface area contributed by atoms with Gasteiger partial charge in [0.2, 0.25) is 0 Å². The minimum Gasteiger partial charge on any atom is -0.357 e. The summed E-state index contributed by atoms with van der Waals surface area (Å²) < 4.78 is 5.95. The molecular formula is C17H16N2O. The van der Waals surface area contributed by atoms with E-state index < -0.39 is 0 Å². The second-order valence-electron chi connectivity index (χ2n) is 4.85. The molecular weight excluding hydrogens is 248 g/mol. The molecule has 2 atom stereocenters. The maximum absolute atomic E-state index is 9.11. The molecule has 0 saturated carbocycles. The van der Waals surface area contributed by atoms with Gasteiger partial charge in [0.15, 0.2) is 0 Å². The third-order valence-corrected chi connectivity index (χ3v) is 3.64. The lowest BCUT2D eigenvalue weighted by molar-refractivity contribution is 0.0362. The number of rotatable bonds is 3. The van der Waals surface area contributed by atoms with E-state index in [1.807, 2.05) is 48.5 Å². The molecule has 0 N–H and O–H groups in total. The van der Waals surface area contributed by atoms with E-state index in [-0.39, 0.29) is 12.3 Å². The Labute approximate surface area is 119 Å². The third kappa shape index (κ3) is 2.44. The van der Waals surface area contributed by atoms with E-state index in [2.05, 4.69) is 23.1 Å². The molecule has 0 aliphatic carbocycles. The van der Waals surface area contributed by atoms with Crippen LogP contribution in [0.5, 0.6) is 0 Å². The number of hydrogen-bond acceptors (Lipinski definition) is 3. The van der Waals surface area contributed by atoms with Crippen LogP contribution >= 0.6 is 0 Å². The van der Waals surface area contributed by atoms with Crippen molar-refractivity contribution < 1.29 is 4.74 Å². The van der Waals surface area contributed by atoms with Crippen molar-refractivity contribution in [1.82, 2.24) is 4.90 Å². The molecule has 0 spiro atoms. The van der Waals surface area contributed by atoms with Gasteiger partial charge >= 0.3 is 0 Å². The average molecular weight is 264 g/mol. The molecule has 2 aromatic rings. The van der Waals surface area contributed by atoms with E-state index in [0.717, 1.165) is 5.56 Å². The Kier molecular flexibility index (Phi) is 3.78. The Morgan fingerprint density at radius 2 is 1.60 bits per heavy atom. The Hall–Kier alpha value is -2.15. The fraction of sp³-hybridized carbons (Fsp3) is 0.235. The predicted octanol–water partition coefficient (Wildman–Crippen LogP) is 3.28. The smallest absolute Gasteiger partial charge is 0.138 e. The number of ether oxygens (including phenoxy) is 1. The zero-order valence-corrected chi connectivity index (χ0v) is 11.1. The monoisotopic (exact) mass is 264 g/mol. The Morgan fingerprint density at radius 3 is 2.20 bits per heavy atom. The summed E-state index contributed by atoms with van der Waals surface area (Å²) in [4.78, 5) is 2.12. The fourth-order valence-electron chi connectivity index (χ4n) is 2.68. The van der Waals surface area contributed by atoms with Crippen LogP contribution in [0, 0.1) is 11.3 Å². The lowest BCUT2D eigenvalue weighted by Gasteiger charge is -2.25. The van der Waals surface area contributed by atoms with Gasteiger partial charge in [-0.05, 0) is 11.1 Å². The van der Waals surface area contributed by atoms with Crippen LogP contribution in [0.25, 0.3) is 0 Å². The molecule has 0 bridgehead atoms. The van der Waals surface area contributed by atoms with E-state index in [9.17, 15) is 0 Å². The first-order valence-corrected chi connectivity index (χ1v) is 6.74. The fourth-order valence-corrected chi connectivity index (χ4v) is 2.68. The van der Waals surface area contributed by atoms with Crippen LogP contribution in [0.2, 0.25) is 0 Å². The van der Waals surface area contributed by atoms with Crippen LogP contribution in [-0.4, -0.2) is 18.1 Å². The number of nitrogens with zero attached hydrogens (tertiary/aromatic N) is 2. The van der Waals surface area contributed by atoms with Crippen molar-refractivity contribution in [2.45, 2.75) is 12.3 Å². The number of hydrogen-bond donors (Lipinski definition) is 0. The first-order chi connectivity index (χ1) is 9.90. The molecule has 2 aromatic carbocycles. The maximum atomic E-state index is 9.11. The summed E-state index contributed by atoms with van der Waals surface area (Å²) in [5.74, 6) is 0. The lowest BCUT2D eigenvalue weighted by atomic mass is 10.1. The highest BCUT2D eigenvalue weighted by Gasteiger charge is 2.35. The molecule has 3 rings (SSSR count). The topological polar surface area (TPSA) is 36.3 Å². The summed E-state index contributed by atoms with van der Waals surface area (Å²) in [5, 5.41) is 9.11. The zero-order valence-electron chi connectivity index (χ0n) is 11.1. The Bertz CT molecular complexity index is 544. The van der Waals surface area contributed by atoms with Gasteiger partial charge in [-0.3, -0.25) is 4.90 Å². The number of benzene rings is 2. The van der Waals surface area contributed by atoms with Crippen LogP contribution in [0.1, 0.15) is 23.4 Å². The van der Waals surface area contributed by atoms with Gasteiger partial charge in [0.05, 0.1) is 25.3 Å². The van der Waals surface area contributed by atoms with E-state index in [1.165, 1.54) is 5.56 Å². The molecule has 1 saturated heterocycles. The summed E-state index contributed by atoms with van der Waals surface area (Å²) >= 11 is 0. The minimum absolute atomic E-state index is 0.138. The van der Waals surface area contributed by atoms with Gasteiger partial charge in [0, 0.05) is 0 Å². The van der Waals surface area contributed by atoms with Gasteiger partial charge in [-0.2, -0.15) is 5.26 Å². The highest BCUT2D eigenvalue weighted by Crippen LogP contribution is 2.37. The van der Waals surface area contributed by atoms with Crippen molar-refractivity contribution >= 4 is 0 Å². The molecule has 0 radical (unpaired) electrons. The quantitative estimate of drug-likeness (QED) is 0.798. The maximum Gasteiger partial charge on any atom is 0.138 e. The summed E-state index contributed by atoms with van der Waals surface area (Å²) in [5.41, 5.74) is 2.29. The van der Waals surface area contributed by atoms with Gasteiger partial charge in [0.1, 0.15) is 6.23 Å². The normalized spacial score (nSPS) is 22.6. The van der Waals surface area contributed by atoms with E-state index in [0.29, 0.717) is 13.2 Å². The molecule has 3 heteroatoms. The van der Waals surface area contributed by atoms with Crippen molar-refractivity contribution in [3.8, 4) is 6.07 Å². The molecule has 1 aliphatic heterocycles. The van der Waals surface area contributed by atoms with E-state index >= 15 is 0 Å². The number of nitriles is 1. The van der Waals surface area contributed by atoms with Crippen molar-refractivity contribution in [3.63, 3.8) is 0 Å². The molecule has 1 heterocycles. The first kappa shape index (κ1) is 12.9. The van der Waals surface area contributed by atoms with Crippen LogP contribution < -0.4 is 0 Å². The largest absolute Gasteiger partial charge is 0.357 e. The second-order valence-corrected chi connectivity index (χ2v) is 4.85. The zero-order chi connectivity index (χ0) is 13.8. The van der Waals surface area contributed by atoms with E-state index in [1.54, 1.807) is 0 Å². The SMILES string of the molecule is N#CCN1[C@@H](c2ccccc2)OC[C@H]1c1ccccc1. The van der Waals surface area contributed by atoms with Crippen LogP contribution in [0.3, 0.4) is 0 Å². The van der Waals surface area contributed by atoms with Crippen molar-refractivity contribution in [2.75, 3.05) is 13.2 Å². The standard InChI is InChI=1S/C17H16N2O/c18-11-12-19-16(14-7-3-1-4-8-14)13-20-17(19)15-9-5-2-6-10-15/h1-10,16-17H,12-13H2/t16-,17+/m0/s1. The van der Waals surface area contributed by atoms with Gasteiger partial charge in [0.25, 0.3) is 0 Å². The summed E-state index contributed by atoms with van der Waals surface area (Å²) in [7, 11) is 0. The third-order valence-electron chi connectivity index (χ3n) is 3.64. The molecule has 0 aromatic heterocycles. The van der Waals surface area contributed by atoms with E-state index in [4.69, 9.17) is 10.00 Å². The Morgan fingerprint density at radius 1 is 1.00 bits per heavy atom. The van der Waals surface area contributed by atoms with Gasteiger partial charge in [-0.15, -0.1) is 0 Å². The average Bonchev–Trinajstić information content (AvgIpc) is 2.93. The molecule has 0 unspecified atom stereocenters. The highest BCUT2D eigenvalue weighted by atomic mass is 16.5. The van der Waals surface area contributed by atoms with Crippen molar-refractivity contribution in [1.29, 1.82) is 5.26 Å². The summed E-state index contributed by atoms with van der Waals surface area (Å²) in [6, 6.07) is 22.7. The molecule has 20 heavy (non-hydrogen) atoms. The Balaban J connectivity index is 1.90. The highest BCUT2D eigenvalue weighted by molar-refractivity contribution is 5.24. The first-order valence-electron chi connectivity index (χ1n) is 6.74. The molecule has 1 fully saturated rings. The molecule has 3 nitrogen and oxygen atoms in total.